The lowest BCUT2D eigenvalue weighted by Crippen LogP contribution is -2.07. The van der Waals surface area contributed by atoms with E-state index in [-0.39, 0.29) is 16.7 Å². The van der Waals surface area contributed by atoms with Crippen molar-refractivity contribution in [2.45, 2.75) is 19.5 Å². The lowest BCUT2D eigenvalue weighted by atomic mass is 9.94. The molecule has 3 aromatic heterocycles. The molecule has 34 heavy (non-hydrogen) atoms. The molecule has 5 rings (SSSR count). The van der Waals surface area contributed by atoms with Crippen LogP contribution >= 0.6 is 11.6 Å². The molecule has 0 radical (unpaired) electrons. The standard InChI is InChI=1S/C24H18ClF3N6/c1-14-4-2-5-15(12-14)22-21(20-6-3-10-30-34(20)33-22)19-9-11-29-23(32-19)31-16-7-8-18(25)17(13-16)24(26,27)28/h2-3,5-14H,4H2,1H3,(H,29,31,32). The molecule has 0 bridgehead atoms. The lowest BCUT2D eigenvalue weighted by molar-refractivity contribution is -0.137. The molecule has 6 nitrogen and oxygen atoms in total. The first-order valence-corrected chi connectivity index (χ1v) is 10.9. The fraction of sp³-hybridized carbons (Fsp3) is 0.167. The van der Waals surface area contributed by atoms with Gasteiger partial charge < -0.3 is 5.32 Å². The summed E-state index contributed by atoms with van der Waals surface area (Å²) in [5.74, 6) is 0.504. The Morgan fingerprint density at radius 2 is 2.00 bits per heavy atom. The Kier molecular flexibility index (Phi) is 5.57. The van der Waals surface area contributed by atoms with E-state index in [4.69, 9.17) is 11.6 Å². The third-order valence-electron chi connectivity index (χ3n) is 5.40. The highest BCUT2D eigenvalue weighted by molar-refractivity contribution is 6.31. The number of aromatic nitrogens is 5. The summed E-state index contributed by atoms with van der Waals surface area (Å²) < 4.78 is 41.3. The molecule has 0 saturated heterocycles. The zero-order valence-corrected chi connectivity index (χ0v) is 18.6. The van der Waals surface area contributed by atoms with Gasteiger partial charge in [0.15, 0.2) is 0 Å². The first-order valence-electron chi connectivity index (χ1n) is 10.5. The topological polar surface area (TPSA) is 68.0 Å². The van der Waals surface area contributed by atoms with Gasteiger partial charge in [0.2, 0.25) is 5.95 Å². The van der Waals surface area contributed by atoms with Crippen molar-refractivity contribution in [1.82, 2.24) is 24.8 Å². The van der Waals surface area contributed by atoms with Crippen LogP contribution in [0.25, 0.3) is 22.3 Å². The molecule has 1 aliphatic rings. The van der Waals surface area contributed by atoms with Gasteiger partial charge >= 0.3 is 6.18 Å². The van der Waals surface area contributed by atoms with Crippen LogP contribution in [0.4, 0.5) is 24.8 Å². The van der Waals surface area contributed by atoms with E-state index in [9.17, 15) is 13.2 Å². The van der Waals surface area contributed by atoms with E-state index in [1.54, 1.807) is 23.1 Å². The van der Waals surface area contributed by atoms with Crippen LogP contribution in [0.1, 0.15) is 24.6 Å². The zero-order valence-electron chi connectivity index (χ0n) is 17.9. The predicted octanol–water partition coefficient (Wildman–Crippen LogP) is 6.58. The second-order valence-corrected chi connectivity index (χ2v) is 8.35. The molecule has 1 unspecified atom stereocenters. The third kappa shape index (κ3) is 4.26. The van der Waals surface area contributed by atoms with Crippen LogP contribution in [0, 0.1) is 5.92 Å². The summed E-state index contributed by atoms with van der Waals surface area (Å²) in [6, 6.07) is 9.00. The Morgan fingerprint density at radius 1 is 1.15 bits per heavy atom. The van der Waals surface area contributed by atoms with Crippen molar-refractivity contribution in [1.29, 1.82) is 0 Å². The average molecular weight is 483 g/mol. The van der Waals surface area contributed by atoms with Gasteiger partial charge in [-0.05, 0) is 54.3 Å². The smallest absolute Gasteiger partial charge is 0.324 e. The molecule has 0 spiro atoms. The maximum Gasteiger partial charge on any atom is 0.417 e. The number of rotatable bonds is 4. The fourth-order valence-corrected chi connectivity index (χ4v) is 4.08. The zero-order chi connectivity index (χ0) is 23.9. The average Bonchev–Trinajstić information content (AvgIpc) is 3.19. The monoisotopic (exact) mass is 482 g/mol. The third-order valence-corrected chi connectivity index (χ3v) is 5.73. The number of alkyl halides is 3. The molecule has 0 saturated carbocycles. The number of halogens is 4. The van der Waals surface area contributed by atoms with Crippen molar-refractivity contribution >= 4 is 34.3 Å². The molecule has 0 amide bonds. The number of allylic oxidation sites excluding steroid dienone is 4. The second kappa shape index (κ2) is 8.57. The number of nitrogens with one attached hydrogen (secondary N) is 1. The number of nitrogens with zero attached hydrogens (tertiary/aromatic N) is 5. The number of fused-ring (bicyclic) bond motifs is 1. The molecule has 172 valence electrons. The molecule has 4 aromatic rings. The highest BCUT2D eigenvalue weighted by atomic mass is 35.5. The Hall–Kier alpha value is -3.72. The lowest BCUT2D eigenvalue weighted by Gasteiger charge is -2.13. The second-order valence-electron chi connectivity index (χ2n) is 7.94. The van der Waals surface area contributed by atoms with Gasteiger partial charge in [-0.15, -0.1) is 5.10 Å². The molecule has 1 N–H and O–H groups in total. The minimum Gasteiger partial charge on any atom is -0.324 e. The van der Waals surface area contributed by atoms with Crippen molar-refractivity contribution in [3.8, 4) is 11.3 Å². The molecule has 0 fully saturated rings. The van der Waals surface area contributed by atoms with Crippen molar-refractivity contribution in [3.05, 3.63) is 83.3 Å². The summed E-state index contributed by atoms with van der Waals surface area (Å²) in [7, 11) is 0. The van der Waals surface area contributed by atoms with Gasteiger partial charge in [-0.3, -0.25) is 0 Å². The van der Waals surface area contributed by atoms with Crippen LogP contribution in [0.5, 0.6) is 0 Å². The summed E-state index contributed by atoms with van der Waals surface area (Å²) >= 11 is 5.73. The molecule has 1 aliphatic carbocycles. The van der Waals surface area contributed by atoms with E-state index >= 15 is 0 Å². The highest BCUT2D eigenvalue weighted by Gasteiger charge is 2.33. The first kappa shape index (κ1) is 22.1. The van der Waals surface area contributed by atoms with E-state index < -0.39 is 11.7 Å². The van der Waals surface area contributed by atoms with Crippen LogP contribution in [0.2, 0.25) is 5.02 Å². The number of hydrogen-bond acceptors (Lipinski definition) is 5. The minimum atomic E-state index is -4.57. The maximum absolute atomic E-state index is 13.2. The number of anilines is 2. The van der Waals surface area contributed by atoms with Gasteiger partial charge in [-0.2, -0.15) is 22.9 Å². The van der Waals surface area contributed by atoms with Crippen molar-refractivity contribution in [3.63, 3.8) is 0 Å². The van der Waals surface area contributed by atoms with Gasteiger partial charge in [0.25, 0.3) is 0 Å². The molecule has 0 aliphatic heterocycles. The predicted molar refractivity (Wildman–Crippen MR) is 125 cm³/mol. The normalized spacial score (nSPS) is 16.0. The maximum atomic E-state index is 13.2. The fourth-order valence-electron chi connectivity index (χ4n) is 3.85. The quantitative estimate of drug-likeness (QED) is 0.356. The Balaban J connectivity index is 1.58. The number of benzene rings is 1. The van der Waals surface area contributed by atoms with Gasteiger partial charge in [-0.1, -0.05) is 36.8 Å². The van der Waals surface area contributed by atoms with Crippen molar-refractivity contribution in [2.75, 3.05) is 5.32 Å². The molecule has 3 heterocycles. The van der Waals surface area contributed by atoms with Crippen LogP contribution in [-0.4, -0.2) is 24.8 Å². The summed E-state index contributed by atoms with van der Waals surface area (Å²) in [6.07, 6.45) is 5.85. The highest BCUT2D eigenvalue weighted by Crippen LogP contribution is 2.37. The van der Waals surface area contributed by atoms with Gasteiger partial charge in [0.05, 0.1) is 27.4 Å². The molecular formula is C24H18ClF3N6. The largest absolute Gasteiger partial charge is 0.417 e. The Labute approximate surface area is 197 Å². The SMILES string of the molecule is CC1C=C(c2nn3ncccc3c2-c2ccnc(Nc3ccc(Cl)c(C(F)(F)F)c3)n2)C=CC1. The van der Waals surface area contributed by atoms with Crippen LogP contribution in [-0.2, 0) is 6.18 Å². The van der Waals surface area contributed by atoms with E-state index in [2.05, 4.69) is 44.6 Å². The van der Waals surface area contributed by atoms with E-state index in [0.29, 0.717) is 11.6 Å². The van der Waals surface area contributed by atoms with Crippen LogP contribution < -0.4 is 5.32 Å². The summed E-state index contributed by atoms with van der Waals surface area (Å²) in [6.45, 7) is 2.13. The molecule has 1 atom stereocenters. The Morgan fingerprint density at radius 3 is 2.79 bits per heavy atom. The molecular weight excluding hydrogens is 465 g/mol. The minimum absolute atomic E-state index is 0.142. The van der Waals surface area contributed by atoms with Crippen molar-refractivity contribution < 1.29 is 13.2 Å². The van der Waals surface area contributed by atoms with E-state index in [0.717, 1.165) is 34.8 Å². The van der Waals surface area contributed by atoms with Gasteiger partial charge in [0.1, 0.15) is 5.69 Å². The summed E-state index contributed by atoms with van der Waals surface area (Å²) in [5.41, 5.74) is 2.99. The molecule has 10 heteroatoms. The molecule has 1 aromatic carbocycles. The van der Waals surface area contributed by atoms with Gasteiger partial charge in [0, 0.05) is 18.1 Å². The van der Waals surface area contributed by atoms with E-state index in [1.807, 2.05) is 18.2 Å². The van der Waals surface area contributed by atoms with Gasteiger partial charge in [-0.25, -0.2) is 9.97 Å². The Bertz CT molecular complexity index is 1440. The van der Waals surface area contributed by atoms with Crippen LogP contribution in [0.15, 0.2) is 67.0 Å². The first-order chi connectivity index (χ1) is 16.3. The van der Waals surface area contributed by atoms with Crippen LogP contribution in [0.3, 0.4) is 0 Å². The summed E-state index contributed by atoms with van der Waals surface area (Å²) in [5, 5.41) is 11.5. The summed E-state index contributed by atoms with van der Waals surface area (Å²) in [4.78, 5) is 8.77. The van der Waals surface area contributed by atoms with Crippen molar-refractivity contribution in [2.24, 2.45) is 5.92 Å². The number of hydrogen-bond donors (Lipinski definition) is 1. The van der Waals surface area contributed by atoms with E-state index in [1.165, 1.54) is 12.1 Å².